The molecule has 0 atom stereocenters. The lowest BCUT2D eigenvalue weighted by molar-refractivity contribution is -0.134. The number of amides is 1. The van der Waals surface area contributed by atoms with E-state index in [4.69, 9.17) is 9.26 Å². The van der Waals surface area contributed by atoms with Crippen molar-refractivity contribution in [2.75, 3.05) is 13.2 Å². The van der Waals surface area contributed by atoms with Gasteiger partial charge in [0.1, 0.15) is 10.8 Å². The lowest BCUT2D eigenvalue weighted by Gasteiger charge is -2.21. The van der Waals surface area contributed by atoms with Crippen molar-refractivity contribution in [3.05, 3.63) is 76.8 Å². The molecule has 2 heterocycles. The van der Waals surface area contributed by atoms with Gasteiger partial charge in [-0.25, -0.2) is 9.78 Å². The first-order valence-electron chi connectivity index (χ1n) is 9.98. The Kier molecular flexibility index (Phi) is 7.83. The molecule has 31 heavy (non-hydrogen) atoms. The van der Waals surface area contributed by atoms with Crippen molar-refractivity contribution in [3.63, 3.8) is 0 Å². The van der Waals surface area contributed by atoms with E-state index in [9.17, 15) is 9.59 Å². The molecule has 0 aliphatic carbocycles. The van der Waals surface area contributed by atoms with Crippen LogP contribution < -0.4 is 0 Å². The highest BCUT2D eigenvalue weighted by molar-refractivity contribution is 7.98. The molecular formula is C23H25N3O4S. The molecular weight excluding hydrogens is 414 g/mol. The summed E-state index contributed by atoms with van der Waals surface area (Å²) < 4.78 is 10.5. The van der Waals surface area contributed by atoms with E-state index in [1.807, 2.05) is 51.1 Å². The van der Waals surface area contributed by atoms with E-state index < -0.39 is 5.97 Å². The maximum atomic E-state index is 12.7. The number of aryl methyl sites for hydroxylation is 2. The number of likely N-dealkylation sites (N-methyl/N-ethyl adjacent to an activating group) is 1. The number of benzene rings is 1. The van der Waals surface area contributed by atoms with Gasteiger partial charge in [-0.2, -0.15) is 0 Å². The first-order chi connectivity index (χ1) is 15.0. The molecule has 0 radical (unpaired) electrons. The largest absolute Gasteiger partial charge is 0.452 e. The van der Waals surface area contributed by atoms with Crippen molar-refractivity contribution in [1.82, 2.24) is 15.0 Å². The molecule has 3 rings (SSSR count). The molecule has 0 unspecified atom stereocenters. The number of carbonyl (C=O) groups is 2. The molecule has 162 valence electrons. The number of aromatic nitrogens is 2. The Hall–Kier alpha value is -3.13. The number of pyridine rings is 1. The van der Waals surface area contributed by atoms with E-state index in [2.05, 4.69) is 10.1 Å². The topological polar surface area (TPSA) is 85.5 Å². The minimum absolute atomic E-state index is 0.242. The molecule has 1 amide bonds. The molecule has 0 N–H and O–H groups in total. The molecule has 0 saturated carbocycles. The zero-order chi connectivity index (χ0) is 22.2. The van der Waals surface area contributed by atoms with Gasteiger partial charge in [-0.1, -0.05) is 35.5 Å². The molecule has 0 saturated heterocycles. The Morgan fingerprint density at radius 3 is 2.58 bits per heavy atom. The van der Waals surface area contributed by atoms with Crippen LogP contribution in [-0.4, -0.2) is 40.1 Å². The Morgan fingerprint density at radius 2 is 1.90 bits per heavy atom. The summed E-state index contributed by atoms with van der Waals surface area (Å²) in [4.78, 5) is 31.2. The Morgan fingerprint density at radius 1 is 1.13 bits per heavy atom. The number of ether oxygens (including phenoxy) is 1. The summed E-state index contributed by atoms with van der Waals surface area (Å²) in [6.07, 6.45) is 1.62. The maximum Gasteiger partial charge on any atom is 0.341 e. The molecule has 1 aromatic carbocycles. The zero-order valence-corrected chi connectivity index (χ0v) is 18.6. The predicted octanol–water partition coefficient (Wildman–Crippen LogP) is 4.18. The second kappa shape index (κ2) is 10.8. The monoisotopic (exact) mass is 439 g/mol. The lowest BCUT2D eigenvalue weighted by Crippen LogP contribution is -2.34. The van der Waals surface area contributed by atoms with Gasteiger partial charge in [0.2, 0.25) is 0 Å². The van der Waals surface area contributed by atoms with Crippen LogP contribution in [0.4, 0.5) is 0 Å². The van der Waals surface area contributed by atoms with Crippen LogP contribution in [0.3, 0.4) is 0 Å². The van der Waals surface area contributed by atoms with Gasteiger partial charge in [0.25, 0.3) is 5.91 Å². The fourth-order valence-electron chi connectivity index (χ4n) is 2.99. The van der Waals surface area contributed by atoms with Crippen LogP contribution in [0, 0.1) is 13.8 Å². The molecule has 3 aromatic rings. The third kappa shape index (κ3) is 5.95. The lowest BCUT2D eigenvalue weighted by atomic mass is 10.2. The first kappa shape index (κ1) is 22.6. The van der Waals surface area contributed by atoms with Crippen LogP contribution in [0.2, 0.25) is 0 Å². The van der Waals surface area contributed by atoms with Crippen molar-refractivity contribution in [2.24, 2.45) is 0 Å². The number of rotatable bonds is 9. The summed E-state index contributed by atoms with van der Waals surface area (Å²) in [6.45, 7) is 6.30. The minimum atomic E-state index is -0.571. The van der Waals surface area contributed by atoms with Crippen molar-refractivity contribution in [2.45, 2.75) is 38.1 Å². The summed E-state index contributed by atoms with van der Waals surface area (Å²) in [5, 5.41) is 4.49. The zero-order valence-electron chi connectivity index (χ0n) is 17.8. The highest BCUT2D eigenvalue weighted by Gasteiger charge is 2.19. The van der Waals surface area contributed by atoms with Crippen LogP contribution >= 0.6 is 11.8 Å². The summed E-state index contributed by atoms with van der Waals surface area (Å²) in [5.41, 5.74) is 3.14. The van der Waals surface area contributed by atoms with Crippen LogP contribution in [0.1, 0.15) is 39.9 Å². The summed E-state index contributed by atoms with van der Waals surface area (Å²) in [5.74, 6) is 0.499. The standard InChI is InChI=1S/C23H25N3O4S/c1-4-26(13-18-9-6-5-7-10-18)21(27)14-29-23(28)19-11-8-12-24-22(19)31-15-20-16(2)25-30-17(20)3/h5-12H,4,13-15H2,1-3H3. The molecule has 2 aromatic heterocycles. The number of carbonyl (C=O) groups excluding carboxylic acids is 2. The average Bonchev–Trinajstić information content (AvgIpc) is 3.12. The molecule has 0 fully saturated rings. The third-order valence-corrected chi connectivity index (χ3v) is 5.83. The second-order valence-corrected chi connectivity index (χ2v) is 7.88. The Bertz CT molecular complexity index is 1020. The Labute approximate surface area is 185 Å². The van der Waals surface area contributed by atoms with Crippen LogP contribution in [0.15, 0.2) is 58.2 Å². The van der Waals surface area contributed by atoms with E-state index in [1.54, 1.807) is 23.2 Å². The molecule has 0 aliphatic heterocycles. The van der Waals surface area contributed by atoms with E-state index >= 15 is 0 Å². The van der Waals surface area contributed by atoms with E-state index in [1.165, 1.54) is 11.8 Å². The van der Waals surface area contributed by atoms with E-state index in [-0.39, 0.29) is 12.5 Å². The fraction of sp³-hybridized carbons (Fsp3) is 0.304. The SMILES string of the molecule is CCN(Cc1ccccc1)C(=O)COC(=O)c1cccnc1SCc1c(C)noc1C. The number of esters is 1. The quantitative estimate of drug-likeness (QED) is 0.365. The number of hydrogen-bond acceptors (Lipinski definition) is 7. The highest BCUT2D eigenvalue weighted by atomic mass is 32.2. The van der Waals surface area contributed by atoms with E-state index in [0.29, 0.717) is 29.4 Å². The van der Waals surface area contributed by atoms with Crippen LogP contribution in [0.5, 0.6) is 0 Å². The number of hydrogen-bond donors (Lipinski definition) is 0. The highest BCUT2D eigenvalue weighted by Crippen LogP contribution is 2.27. The molecule has 0 spiro atoms. The Balaban J connectivity index is 1.60. The smallest absolute Gasteiger partial charge is 0.341 e. The number of thioether (sulfide) groups is 1. The van der Waals surface area contributed by atoms with Gasteiger partial charge >= 0.3 is 5.97 Å². The van der Waals surface area contributed by atoms with Crippen molar-refractivity contribution in [1.29, 1.82) is 0 Å². The molecule has 0 aliphatic rings. The fourth-order valence-corrected chi connectivity index (χ4v) is 4.12. The molecule has 7 nitrogen and oxygen atoms in total. The van der Waals surface area contributed by atoms with Gasteiger partial charge in [-0.15, -0.1) is 11.8 Å². The number of nitrogens with zero attached hydrogens (tertiary/aromatic N) is 3. The third-order valence-electron chi connectivity index (χ3n) is 4.80. The summed E-state index contributed by atoms with van der Waals surface area (Å²) >= 11 is 1.40. The van der Waals surface area contributed by atoms with Gasteiger partial charge in [0.05, 0.1) is 11.3 Å². The van der Waals surface area contributed by atoms with Crippen molar-refractivity contribution in [3.8, 4) is 0 Å². The summed E-state index contributed by atoms with van der Waals surface area (Å²) in [6, 6.07) is 13.0. The van der Waals surface area contributed by atoms with Crippen LogP contribution in [-0.2, 0) is 21.8 Å². The maximum absolute atomic E-state index is 12.7. The van der Waals surface area contributed by atoms with Gasteiger partial charge in [0, 0.05) is 30.6 Å². The molecule has 8 heteroatoms. The van der Waals surface area contributed by atoms with E-state index in [0.717, 1.165) is 22.6 Å². The minimum Gasteiger partial charge on any atom is -0.452 e. The summed E-state index contributed by atoms with van der Waals surface area (Å²) in [7, 11) is 0. The second-order valence-electron chi connectivity index (χ2n) is 6.92. The predicted molar refractivity (Wildman–Crippen MR) is 118 cm³/mol. The molecule has 0 bridgehead atoms. The van der Waals surface area contributed by atoms with Gasteiger partial charge in [-0.3, -0.25) is 4.79 Å². The first-order valence-corrected chi connectivity index (χ1v) is 11.0. The normalized spacial score (nSPS) is 10.7. The van der Waals surface area contributed by atoms with Crippen molar-refractivity contribution >= 4 is 23.6 Å². The average molecular weight is 440 g/mol. The van der Waals surface area contributed by atoms with Gasteiger partial charge in [0.15, 0.2) is 6.61 Å². The van der Waals surface area contributed by atoms with Gasteiger partial charge < -0.3 is 14.2 Å². The van der Waals surface area contributed by atoms with Gasteiger partial charge in [-0.05, 0) is 38.5 Å². The van der Waals surface area contributed by atoms with Crippen molar-refractivity contribution < 1.29 is 18.8 Å². The van der Waals surface area contributed by atoms with Crippen LogP contribution in [0.25, 0.3) is 0 Å².